The lowest BCUT2D eigenvalue weighted by Crippen LogP contribution is -2.22. The van der Waals surface area contributed by atoms with Crippen molar-refractivity contribution in [2.75, 3.05) is 6.54 Å². The van der Waals surface area contributed by atoms with E-state index in [4.69, 9.17) is 4.74 Å². The first kappa shape index (κ1) is 19.3. The molecule has 0 aliphatic rings. The van der Waals surface area contributed by atoms with Crippen molar-refractivity contribution >= 4 is 12.0 Å². The Morgan fingerprint density at radius 1 is 1.11 bits per heavy atom. The van der Waals surface area contributed by atoms with Gasteiger partial charge in [-0.1, -0.05) is 36.4 Å². The molecular weight excluding hydrogens is 355 g/mol. The Morgan fingerprint density at radius 3 is 2.71 bits per heavy atom. The minimum atomic E-state index is -0.505. The molecule has 0 spiro atoms. The lowest BCUT2D eigenvalue weighted by atomic mass is 10.1. The molecule has 2 aromatic carbocycles. The van der Waals surface area contributed by atoms with Crippen LogP contribution in [0.5, 0.6) is 11.5 Å². The maximum Gasteiger partial charge on any atom is 0.243 e. The highest BCUT2D eigenvalue weighted by Gasteiger charge is 2.05. The molecule has 0 saturated heterocycles. The molecule has 0 aliphatic carbocycles. The van der Waals surface area contributed by atoms with Gasteiger partial charge in [-0.25, -0.2) is 4.39 Å². The molecule has 0 bridgehead atoms. The molecule has 1 heterocycles. The van der Waals surface area contributed by atoms with Crippen molar-refractivity contribution in [2.24, 2.45) is 0 Å². The third kappa shape index (κ3) is 6.06. The fourth-order valence-electron chi connectivity index (χ4n) is 2.62. The summed E-state index contributed by atoms with van der Waals surface area (Å²) in [6.07, 6.45) is 7.87. The van der Waals surface area contributed by atoms with E-state index in [9.17, 15) is 9.18 Å². The number of nitrogens with zero attached hydrogens (tertiary/aromatic N) is 1. The Balaban J connectivity index is 1.46. The average Bonchev–Trinajstić information content (AvgIpc) is 2.73. The van der Waals surface area contributed by atoms with Gasteiger partial charge in [-0.2, -0.15) is 0 Å². The molecule has 4 nitrogen and oxygen atoms in total. The number of carbonyl (C=O) groups is 1. The highest BCUT2D eigenvalue weighted by molar-refractivity contribution is 5.91. The Hall–Kier alpha value is -3.47. The lowest BCUT2D eigenvalue weighted by molar-refractivity contribution is -0.116. The summed E-state index contributed by atoms with van der Waals surface area (Å²) in [7, 11) is 0. The second-order valence-corrected chi connectivity index (χ2v) is 6.19. The molecule has 0 fully saturated rings. The number of pyridine rings is 1. The van der Waals surface area contributed by atoms with Crippen molar-refractivity contribution in [3.05, 3.63) is 96.1 Å². The topological polar surface area (TPSA) is 51.2 Å². The van der Waals surface area contributed by atoms with Crippen LogP contribution in [0.1, 0.15) is 17.5 Å². The number of rotatable bonds is 8. The van der Waals surface area contributed by atoms with E-state index in [2.05, 4.69) is 22.4 Å². The highest BCUT2D eigenvalue weighted by atomic mass is 19.1. The number of benzene rings is 2. The van der Waals surface area contributed by atoms with Gasteiger partial charge in [-0.15, -0.1) is 0 Å². The molecule has 3 aromatic rings. The number of ether oxygens (including phenoxy) is 1. The number of aryl methyl sites for hydroxylation is 1. The third-order valence-electron chi connectivity index (χ3n) is 4.03. The smallest absolute Gasteiger partial charge is 0.243 e. The molecule has 0 atom stereocenters. The molecule has 0 radical (unpaired) electrons. The zero-order valence-corrected chi connectivity index (χ0v) is 15.3. The molecule has 0 unspecified atom stereocenters. The van der Waals surface area contributed by atoms with Crippen molar-refractivity contribution in [1.29, 1.82) is 0 Å². The van der Waals surface area contributed by atoms with Crippen LogP contribution in [-0.2, 0) is 11.2 Å². The van der Waals surface area contributed by atoms with Gasteiger partial charge >= 0.3 is 0 Å². The molecule has 142 valence electrons. The van der Waals surface area contributed by atoms with Gasteiger partial charge < -0.3 is 10.1 Å². The molecule has 5 heteroatoms. The van der Waals surface area contributed by atoms with Crippen LogP contribution in [0.25, 0.3) is 6.08 Å². The van der Waals surface area contributed by atoms with Gasteiger partial charge in [-0.3, -0.25) is 9.78 Å². The number of halogens is 1. The summed E-state index contributed by atoms with van der Waals surface area (Å²) < 4.78 is 19.6. The summed E-state index contributed by atoms with van der Waals surface area (Å²) in [4.78, 5) is 15.8. The van der Waals surface area contributed by atoms with Gasteiger partial charge in [0.25, 0.3) is 0 Å². The van der Waals surface area contributed by atoms with E-state index in [0.717, 1.165) is 12.8 Å². The third-order valence-corrected chi connectivity index (χ3v) is 4.03. The van der Waals surface area contributed by atoms with E-state index < -0.39 is 5.82 Å². The first-order valence-corrected chi connectivity index (χ1v) is 9.08. The minimum Gasteiger partial charge on any atom is -0.453 e. The normalized spacial score (nSPS) is 10.8. The molecule has 3 rings (SSSR count). The summed E-state index contributed by atoms with van der Waals surface area (Å²) in [6.45, 7) is 0.588. The monoisotopic (exact) mass is 376 g/mol. The minimum absolute atomic E-state index is 0.107. The Morgan fingerprint density at radius 2 is 1.96 bits per heavy atom. The number of carbonyl (C=O) groups excluding carboxylic acids is 1. The van der Waals surface area contributed by atoms with Crippen molar-refractivity contribution in [2.45, 2.75) is 12.8 Å². The first-order chi connectivity index (χ1) is 13.7. The van der Waals surface area contributed by atoms with Crippen LogP contribution in [0.15, 0.2) is 79.1 Å². The van der Waals surface area contributed by atoms with E-state index in [1.165, 1.54) is 30.0 Å². The molecule has 0 saturated carbocycles. The zero-order chi connectivity index (χ0) is 19.6. The fourth-order valence-corrected chi connectivity index (χ4v) is 2.62. The van der Waals surface area contributed by atoms with Crippen LogP contribution in [-0.4, -0.2) is 17.4 Å². The summed E-state index contributed by atoms with van der Waals surface area (Å²) >= 11 is 0. The van der Waals surface area contributed by atoms with E-state index >= 15 is 0 Å². The lowest BCUT2D eigenvalue weighted by Gasteiger charge is -2.06. The number of hydrogen-bond donors (Lipinski definition) is 1. The summed E-state index contributed by atoms with van der Waals surface area (Å²) in [5.41, 5.74) is 1.83. The molecule has 28 heavy (non-hydrogen) atoms. The standard InChI is InChI=1S/C23H21FN2O2/c24-21-16-19(10-12-22(21)28-20-9-5-14-25-17-20)11-13-23(27)26-15-4-8-18-6-2-1-3-7-18/h1-3,5-7,9-14,16-17H,4,8,15H2,(H,26,27)/b13-11+. The SMILES string of the molecule is O=C(/C=C/c1ccc(Oc2cccnc2)c(F)c1)NCCCc1ccccc1. The number of aromatic nitrogens is 1. The fraction of sp³-hybridized carbons (Fsp3) is 0.130. The first-order valence-electron chi connectivity index (χ1n) is 9.08. The molecular formula is C23H21FN2O2. The van der Waals surface area contributed by atoms with E-state index in [1.54, 1.807) is 30.5 Å². The Labute approximate surface area is 163 Å². The average molecular weight is 376 g/mol. The predicted molar refractivity (Wildman–Crippen MR) is 108 cm³/mol. The van der Waals surface area contributed by atoms with Gasteiger partial charge in [0, 0.05) is 18.8 Å². The Kier molecular flexibility index (Phi) is 6.90. The molecule has 1 aromatic heterocycles. The molecule has 1 N–H and O–H groups in total. The molecule has 0 aliphatic heterocycles. The summed E-state index contributed by atoms with van der Waals surface area (Å²) in [5, 5.41) is 2.83. The van der Waals surface area contributed by atoms with Crippen molar-refractivity contribution < 1.29 is 13.9 Å². The van der Waals surface area contributed by atoms with Crippen LogP contribution in [0.2, 0.25) is 0 Å². The Bertz CT molecular complexity index is 928. The summed E-state index contributed by atoms with van der Waals surface area (Å²) in [6, 6.07) is 18.1. The van der Waals surface area contributed by atoms with Crippen LogP contribution in [0, 0.1) is 5.82 Å². The van der Waals surface area contributed by atoms with Crippen molar-refractivity contribution in [3.63, 3.8) is 0 Å². The van der Waals surface area contributed by atoms with Crippen LogP contribution in [0.4, 0.5) is 4.39 Å². The van der Waals surface area contributed by atoms with Gasteiger partial charge in [0.15, 0.2) is 11.6 Å². The predicted octanol–water partition coefficient (Wildman–Crippen LogP) is 4.78. The van der Waals surface area contributed by atoms with E-state index in [-0.39, 0.29) is 11.7 Å². The van der Waals surface area contributed by atoms with Crippen LogP contribution >= 0.6 is 0 Å². The zero-order valence-electron chi connectivity index (χ0n) is 15.3. The van der Waals surface area contributed by atoms with Crippen molar-refractivity contribution in [3.8, 4) is 11.5 Å². The van der Waals surface area contributed by atoms with Crippen LogP contribution < -0.4 is 10.1 Å². The van der Waals surface area contributed by atoms with E-state index in [0.29, 0.717) is 17.9 Å². The van der Waals surface area contributed by atoms with Gasteiger partial charge in [0.05, 0.1) is 6.20 Å². The quantitative estimate of drug-likeness (QED) is 0.455. The van der Waals surface area contributed by atoms with E-state index in [1.807, 2.05) is 18.2 Å². The number of amides is 1. The largest absolute Gasteiger partial charge is 0.453 e. The van der Waals surface area contributed by atoms with Gasteiger partial charge in [0.2, 0.25) is 5.91 Å². The maximum atomic E-state index is 14.2. The van der Waals surface area contributed by atoms with Gasteiger partial charge in [0.1, 0.15) is 5.75 Å². The molecule has 1 amide bonds. The maximum absolute atomic E-state index is 14.2. The van der Waals surface area contributed by atoms with Gasteiger partial charge in [-0.05, 0) is 54.3 Å². The van der Waals surface area contributed by atoms with Crippen molar-refractivity contribution in [1.82, 2.24) is 10.3 Å². The second kappa shape index (κ2) is 10.0. The second-order valence-electron chi connectivity index (χ2n) is 6.19. The number of nitrogens with one attached hydrogen (secondary N) is 1. The highest BCUT2D eigenvalue weighted by Crippen LogP contribution is 2.24. The van der Waals surface area contributed by atoms with Crippen LogP contribution in [0.3, 0.4) is 0 Å². The summed E-state index contributed by atoms with van der Waals surface area (Å²) in [5.74, 6) is -0.145. The number of hydrogen-bond acceptors (Lipinski definition) is 3.